The fraction of sp³-hybridized carbons (Fsp3) is 0.440. The van der Waals surface area contributed by atoms with Gasteiger partial charge >= 0.3 is 6.09 Å². The van der Waals surface area contributed by atoms with E-state index in [0.717, 1.165) is 16.8 Å². The van der Waals surface area contributed by atoms with E-state index in [1.54, 1.807) is 4.90 Å². The molecule has 0 saturated carbocycles. The van der Waals surface area contributed by atoms with Crippen molar-refractivity contribution in [2.45, 2.75) is 71.7 Å². The third-order valence-electron chi connectivity index (χ3n) is 5.56. The molecule has 1 aliphatic heterocycles. The number of ether oxygens (including phenoxy) is 1. The van der Waals surface area contributed by atoms with Crippen molar-refractivity contribution in [3.8, 4) is 0 Å². The molecule has 0 saturated heterocycles. The molecule has 33 heavy (non-hydrogen) atoms. The Morgan fingerprint density at radius 1 is 1.18 bits per heavy atom. The lowest BCUT2D eigenvalue weighted by atomic mass is 9.90. The predicted molar refractivity (Wildman–Crippen MR) is 129 cm³/mol. The highest BCUT2D eigenvalue weighted by Crippen LogP contribution is 2.43. The van der Waals surface area contributed by atoms with E-state index in [1.807, 2.05) is 88.0 Å². The molecule has 174 valence electrons. The van der Waals surface area contributed by atoms with Crippen LogP contribution in [-0.2, 0) is 16.1 Å². The van der Waals surface area contributed by atoms with Crippen LogP contribution in [-0.4, -0.2) is 23.6 Å². The monoisotopic (exact) mass is 449 g/mol. The first-order valence-corrected chi connectivity index (χ1v) is 11.2. The number of hydrogen-bond acceptors (Lipinski definition) is 4. The first kappa shape index (κ1) is 24.1. The van der Waals surface area contributed by atoms with Crippen molar-refractivity contribution in [3.63, 3.8) is 0 Å². The Morgan fingerprint density at radius 3 is 2.45 bits per heavy atom. The molecule has 0 bridgehead atoms. The van der Waals surface area contributed by atoms with Gasteiger partial charge < -0.3 is 9.64 Å². The van der Waals surface area contributed by atoms with Crippen LogP contribution in [0.15, 0.2) is 53.6 Å². The maximum atomic E-state index is 13.5. The van der Waals surface area contributed by atoms with Crippen LogP contribution in [0.25, 0.3) is 10.4 Å². The molecule has 0 fully saturated rings. The molecular weight excluding hydrogens is 418 g/mol. The smallest absolute Gasteiger partial charge is 0.415 e. The summed E-state index contributed by atoms with van der Waals surface area (Å²) in [5.41, 5.74) is 11.2. The average molecular weight is 450 g/mol. The summed E-state index contributed by atoms with van der Waals surface area (Å²) < 4.78 is 5.79. The summed E-state index contributed by atoms with van der Waals surface area (Å²) in [5, 5.41) is 3.60. The molecule has 8 nitrogen and oxygen atoms in total. The van der Waals surface area contributed by atoms with Gasteiger partial charge in [0, 0.05) is 28.7 Å². The van der Waals surface area contributed by atoms with Crippen molar-refractivity contribution in [1.82, 2.24) is 0 Å². The van der Waals surface area contributed by atoms with Gasteiger partial charge in [-0.1, -0.05) is 42.4 Å². The first-order chi connectivity index (χ1) is 15.7. The van der Waals surface area contributed by atoms with Crippen molar-refractivity contribution >= 4 is 23.4 Å². The van der Waals surface area contributed by atoms with Crippen LogP contribution in [0.4, 0.5) is 16.2 Å². The van der Waals surface area contributed by atoms with E-state index >= 15 is 0 Å². The van der Waals surface area contributed by atoms with Crippen molar-refractivity contribution in [2.75, 3.05) is 9.80 Å². The van der Waals surface area contributed by atoms with Gasteiger partial charge in [-0.25, -0.2) is 4.79 Å². The van der Waals surface area contributed by atoms with Gasteiger partial charge in [0.15, 0.2) is 0 Å². The zero-order valence-electron chi connectivity index (χ0n) is 19.9. The van der Waals surface area contributed by atoms with Crippen LogP contribution in [0.2, 0.25) is 0 Å². The van der Waals surface area contributed by atoms with Gasteiger partial charge in [0.05, 0.1) is 12.6 Å². The molecule has 0 aromatic heterocycles. The third-order valence-corrected chi connectivity index (χ3v) is 5.56. The van der Waals surface area contributed by atoms with Crippen molar-refractivity contribution in [2.24, 2.45) is 5.11 Å². The maximum absolute atomic E-state index is 13.5. The summed E-state index contributed by atoms with van der Waals surface area (Å²) in [6.07, 6.45) is 0.529. The van der Waals surface area contributed by atoms with Gasteiger partial charge in [0.2, 0.25) is 5.91 Å². The number of para-hydroxylation sites is 1. The largest absolute Gasteiger partial charge is 0.443 e. The Hall–Kier alpha value is -3.51. The molecule has 0 unspecified atom stereocenters. The van der Waals surface area contributed by atoms with E-state index in [-0.39, 0.29) is 24.5 Å². The molecule has 1 aliphatic rings. The lowest BCUT2D eigenvalue weighted by molar-refractivity contribution is -0.118. The second-order valence-corrected chi connectivity index (χ2v) is 9.18. The summed E-state index contributed by atoms with van der Waals surface area (Å²) in [6.45, 7) is 9.61. The Balaban J connectivity index is 2.09. The van der Waals surface area contributed by atoms with Crippen molar-refractivity contribution < 1.29 is 14.3 Å². The Labute approximate surface area is 194 Å². The quantitative estimate of drug-likeness (QED) is 0.295. The number of benzene rings is 2. The zero-order chi connectivity index (χ0) is 24.2. The number of anilines is 2. The first-order valence-electron chi connectivity index (χ1n) is 11.2. The molecular formula is C25H31N5O3. The van der Waals surface area contributed by atoms with Gasteiger partial charge in [-0.05, 0) is 69.0 Å². The summed E-state index contributed by atoms with van der Waals surface area (Å²) in [6, 6.07) is 14.7. The van der Waals surface area contributed by atoms with Crippen LogP contribution >= 0.6 is 0 Å². The standard InChI is InChI=1S/C25H31N5O3/c1-6-23(31)29-17(2)15-22(20-9-7-8-10-21(20)29)30(24(32)33-25(3,4)5)19-13-11-18(12-14-19)16-27-28-26/h7-14,17,22H,6,15-16H2,1-5H3/t17-,22+/m0/s1. The number of nitrogens with zero attached hydrogens (tertiary/aromatic N) is 5. The summed E-state index contributed by atoms with van der Waals surface area (Å²) in [7, 11) is 0. The van der Waals surface area contributed by atoms with Crippen molar-refractivity contribution in [3.05, 3.63) is 70.1 Å². The van der Waals surface area contributed by atoms with Gasteiger partial charge in [-0.2, -0.15) is 0 Å². The Bertz CT molecular complexity index is 1050. The summed E-state index contributed by atoms with van der Waals surface area (Å²) in [4.78, 5) is 32.5. The van der Waals surface area contributed by atoms with E-state index < -0.39 is 11.7 Å². The van der Waals surface area contributed by atoms with Crippen LogP contribution in [0.1, 0.15) is 64.6 Å². The minimum absolute atomic E-state index is 0.0552. The number of carbonyl (C=O) groups is 2. The van der Waals surface area contributed by atoms with Gasteiger partial charge in [0.1, 0.15) is 5.60 Å². The van der Waals surface area contributed by atoms with Crippen LogP contribution in [0, 0.1) is 0 Å². The summed E-state index contributed by atoms with van der Waals surface area (Å²) >= 11 is 0. The van der Waals surface area contributed by atoms with E-state index in [1.165, 1.54) is 0 Å². The van der Waals surface area contributed by atoms with Gasteiger partial charge in [-0.15, -0.1) is 0 Å². The van der Waals surface area contributed by atoms with Crippen LogP contribution < -0.4 is 9.80 Å². The Morgan fingerprint density at radius 2 is 1.85 bits per heavy atom. The van der Waals surface area contributed by atoms with E-state index in [2.05, 4.69) is 10.0 Å². The molecule has 0 radical (unpaired) electrons. The fourth-order valence-corrected chi connectivity index (χ4v) is 4.18. The average Bonchev–Trinajstić information content (AvgIpc) is 2.77. The topological polar surface area (TPSA) is 98.6 Å². The second-order valence-electron chi connectivity index (χ2n) is 9.18. The SMILES string of the molecule is CCC(=O)N1c2ccccc2[C@H](N(C(=O)OC(C)(C)C)c2ccc(CN=[N+]=[N-])cc2)C[C@@H]1C. The molecule has 2 aromatic carbocycles. The zero-order valence-corrected chi connectivity index (χ0v) is 19.9. The number of fused-ring (bicyclic) bond motifs is 1. The molecule has 2 amide bonds. The molecule has 1 heterocycles. The lowest BCUT2D eigenvalue weighted by Crippen LogP contribution is -2.48. The highest BCUT2D eigenvalue weighted by Gasteiger charge is 2.39. The molecule has 3 rings (SSSR count). The summed E-state index contributed by atoms with van der Waals surface area (Å²) in [5.74, 6) is 0.0552. The number of carbonyl (C=O) groups excluding carboxylic acids is 2. The number of amides is 2. The molecule has 0 N–H and O–H groups in total. The predicted octanol–water partition coefficient (Wildman–Crippen LogP) is 6.51. The van der Waals surface area contributed by atoms with E-state index in [4.69, 9.17) is 10.3 Å². The van der Waals surface area contributed by atoms with Crippen LogP contribution in [0.5, 0.6) is 0 Å². The maximum Gasteiger partial charge on any atom is 0.415 e. The normalized spacial score (nSPS) is 17.5. The number of azide groups is 1. The number of hydrogen-bond donors (Lipinski definition) is 0. The fourth-order valence-electron chi connectivity index (χ4n) is 4.18. The molecule has 2 atom stereocenters. The number of rotatable bonds is 5. The van der Waals surface area contributed by atoms with Gasteiger partial charge in [0.25, 0.3) is 0 Å². The van der Waals surface area contributed by atoms with E-state index in [0.29, 0.717) is 18.5 Å². The minimum atomic E-state index is -0.666. The molecule has 2 aromatic rings. The molecule has 8 heteroatoms. The van der Waals surface area contributed by atoms with Crippen LogP contribution in [0.3, 0.4) is 0 Å². The Kier molecular flexibility index (Phi) is 7.29. The minimum Gasteiger partial charge on any atom is -0.443 e. The van der Waals surface area contributed by atoms with Gasteiger partial charge in [-0.3, -0.25) is 9.69 Å². The lowest BCUT2D eigenvalue weighted by Gasteiger charge is -2.43. The van der Waals surface area contributed by atoms with Crippen molar-refractivity contribution in [1.29, 1.82) is 0 Å². The van der Waals surface area contributed by atoms with E-state index in [9.17, 15) is 9.59 Å². The third kappa shape index (κ3) is 5.46. The highest BCUT2D eigenvalue weighted by atomic mass is 16.6. The second kappa shape index (κ2) is 9.96. The highest BCUT2D eigenvalue weighted by molar-refractivity contribution is 5.96. The molecule has 0 spiro atoms. The molecule has 0 aliphatic carbocycles.